The molecule has 5 aliphatic heterocycles. The van der Waals surface area contributed by atoms with E-state index in [2.05, 4.69) is 0 Å². The van der Waals surface area contributed by atoms with Crippen molar-refractivity contribution < 1.29 is 87.0 Å². The summed E-state index contributed by atoms with van der Waals surface area (Å²) in [5.41, 5.74) is -3.72. The number of aliphatic hydroxyl groups is 4. The number of carbonyl (C=O) groups is 5. The van der Waals surface area contributed by atoms with Crippen LogP contribution in [0.5, 0.6) is 0 Å². The molecule has 0 aromatic carbocycles. The summed E-state index contributed by atoms with van der Waals surface area (Å²) in [6.45, 7) is 13.6. The zero-order valence-electron chi connectivity index (χ0n) is 38.9. The number of methoxy groups -OCH3 is 2. The van der Waals surface area contributed by atoms with Crippen molar-refractivity contribution in [2.45, 2.75) is 204 Å². The van der Waals surface area contributed by atoms with E-state index in [1.807, 2.05) is 13.8 Å². The second-order valence-electron chi connectivity index (χ2n) is 19.7. The predicted octanol–water partition coefficient (Wildman–Crippen LogP) is 3.40. The molecule has 0 aromatic heterocycles. The van der Waals surface area contributed by atoms with Gasteiger partial charge in [0, 0.05) is 62.9 Å². The van der Waals surface area contributed by atoms with Crippen LogP contribution in [0.15, 0.2) is 23.8 Å². The number of carbonyl (C=O) groups excluding carboxylic acids is 5. The summed E-state index contributed by atoms with van der Waals surface area (Å²) in [4.78, 5) is 65.6. The molecule has 0 radical (unpaired) electrons. The molecule has 2 unspecified atom stereocenters. The fourth-order valence-electron chi connectivity index (χ4n) is 9.39. The normalized spacial score (nSPS) is 39.1. The van der Waals surface area contributed by atoms with Crippen LogP contribution in [0.2, 0.25) is 0 Å². The summed E-state index contributed by atoms with van der Waals surface area (Å²) in [6, 6.07) is 0. The fraction of sp³-hybridized carbons (Fsp3) is 0.804. The van der Waals surface area contributed by atoms with Gasteiger partial charge in [-0.1, -0.05) is 60.6 Å². The first-order valence-electron chi connectivity index (χ1n) is 22.4. The number of epoxide rings is 1. The first kappa shape index (κ1) is 51.5. The molecule has 18 heteroatoms. The Labute approximate surface area is 375 Å². The lowest BCUT2D eigenvalue weighted by molar-refractivity contribution is -0.350. The molecule has 362 valence electrons. The van der Waals surface area contributed by atoms with Gasteiger partial charge >= 0.3 is 29.8 Å². The van der Waals surface area contributed by atoms with Crippen LogP contribution in [0.1, 0.15) is 126 Å². The first-order chi connectivity index (χ1) is 29.8. The Balaban J connectivity index is 1.63. The summed E-state index contributed by atoms with van der Waals surface area (Å²) >= 11 is 0. The molecule has 13 atom stereocenters. The fourth-order valence-corrected chi connectivity index (χ4v) is 9.39. The second kappa shape index (κ2) is 20.2. The van der Waals surface area contributed by atoms with E-state index in [9.17, 15) is 44.4 Å². The number of rotatable bonds is 9. The smallest absolute Gasteiger partial charge is 0.338 e. The van der Waals surface area contributed by atoms with Gasteiger partial charge in [-0.2, -0.15) is 0 Å². The summed E-state index contributed by atoms with van der Waals surface area (Å²) in [7, 11) is 2.42. The van der Waals surface area contributed by atoms with Crippen molar-refractivity contribution in [3.8, 4) is 0 Å². The summed E-state index contributed by atoms with van der Waals surface area (Å²) < 4.78 is 53.3. The Bertz CT molecular complexity index is 1770. The quantitative estimate of drug-likeness (QED) is 0.0850. The van der Waals surface area contributed by atoms with E-state index in [4.69, 9.17) is 42.6 Å². The van der Waals surface area contributed by atoms with Crippen LogP contribution in [0, 0.1) is 16.7 Å². The van der Waals surface area contributed by atoms with E-state index in [0.717, 1.165) is 6.08 Å². The van der Waals surface area contributed by atoms with E-state index in [0.29, 0.717) is 6.42 Å². The van der Waals surface area contributed by atoms with E-state index in [1.165, 1.54) is 21.1 Å². The van der Waals surface area contributed by atoms with Crippen LogP contribution in [-0.2, 0) is 66.6 Å². The van der Waals surface area contributed by atoms with Gasteiger partial charge in [0.25, 0.3) is 0 Å². The van der Waals surface area contributed by atoms with Crippen molar-refractivity contribution in [1.29, 1.82) is 0 Å². The summed E-state index contributed by atoms with van der Waals surface area (Å²) in [6.07, 6.45) is -7.09. The number of aliphatic hydroxyl groups excluding tert-OH is 2. The van der Waals surface area contributed by atoms with Gasteiger partial charge < -0.3 is 63.1 Å². The van der Waals surface area contributed by atoms with Gasteiger partial charge in [-0.3, -0.25) is 14.4 Å². The minimum atomic E-state index is -2.43. The molecule has 5 aliphatic rings. The van der Waals surface area contributed by atoms with Crippen LogP contribution in [0.3, 0.4) is 0 Å². The maximum Gasteiger partial charge on any atom is 0.338 e. The topological polar surface area (TPSA) is 253 Å². The van der Waals surface area contributed by atoms with Crippen molar-refractivity contribution in [1.82, 2.24) is 0 Å². The van der Waals surface area contributed by atoms with Gasteiger partial charge in [0.05, 0.1) is 62.7 Å². The largest absolute Gasteiger partial charge is 0.467 e. The maximum absolute atomic E-state index is 13.5. The third-order valence-corrected chi connectivity index (χ3v) is 13.3. The van der Waals surface area contributed by atoms with Gasteiger partial charge in [0.15, 0.2) is 18.0 Å². The molecule has 0 saturated carbocycles. The highest BCUT2D eigenvalue weighted by Gasteiger charge is 2.67. The molecule has 4 fully saturated rings. The average Bonchev–Trinajstić information content (AvgIpc) is 3.87. The number of cyclic esters (lactones) is 1. The monoisotopic (exact) mass is 910 g/mol. The summed E-state index contributed by atoms with van der Waals surface area (Å²) in [5, 5.41) is 47.8. The Morgan fingerprint density at radius 3 is 2.20 bits per heavy atom. The molecule has 0 aromatic rings. The molecule has 0 aliphatic carbocycles. The molecule has 4 N–H and O–H groups in total. The maximum atomic E-state index is 13.5. The lowest BCUT2D eigenvalue weighted by Gasteiger charge is -2.54. The second-order valence-corrected chi connectivity index (χ2v) is 19.7. The molecule has 5 rings (SSSR count). The lowest BCUT2D eigenvalue weighted by Crippen LogP contribution is -2.63. The first-order valence-corrected chi connectivity index (χ1v) is 22.4. The van der Waals surface area contributed by atoms with Gasteiger partial charge in [0.1, 0.15) is 17.8 Å². The molecule has 18 nitrogen and oxygen atoms in total. The van der Waals surface area contributed by atoms with Crippen molar-refractivity contribution >= 4 is 29.8 Å². The van der Waals surface area contributed by atoms with Gasteiger partial charge in [-0.05, 0) is 31.3 Å². The van der Waals surface area contributed by atoms with E-state index >= 15 is 0 Å². The number of hydrogen-bond donors (Lipinski definition) is 4. The Kier molecular flexibility index (Phi) is 16.2. The Morgan fingerprint density at radius 1 is 0.875 bits per heavy atom. The molecular weight excluding hydrogens is 840 g/mol. The molecule has 4 saturated heterocycles. The third kappa shape index (κ3) is 11.5. The minimum Gasteiger partial charge on any atom is -0.467 e. The number of esters is 5. The van der Waals surface area contributed by atoms with Crippen LogP contribution in [0.25, 0.3) is 0 Å². The number of ether oxygens (including phenoxy) is 9. The molecule has 5 heterocycles. The highest BCUT2D eigenvalue weighted by Crippen LogP contribution is 2.54. The van der Waals surface area contributed by atoms with Crippen molar-refractivity contribution in [2.75, 3.05) is 14.2 Å². The Morgan fingerprint density at radius 2 is 1.58 bits per heavy atom. The van der Waals surface area contributed by atoms with Gasteiger partial charge in [0.2, 0.25) is 5.79 Å². The van der Waals surface area contributed by atoms with Gasteiger partial charge in [-0.15, -0.1) is 0 Å². The number of fused-ring (bicyclic) bond motifs is 6. The van der Waals surface area contributed by atoms with E-state index < -0.39 is 125 Å². The minimum absolute atomic E-state index is 0.0147. The zero-order valence-corrected chi connectivity index (χ0v) is 38.9. The molecule has 64 heavy (non-hydrogen) atoms. The van der Waals surface area contributed by atoms with E-state index in [-0.39, 0.29) is 69.3 Å². The number of hydrogen-bond acceptors (Lipinski definition) is 18. The van der Waals surface area contributed by atoms with Crippen molar-refractivity contribution in [3.05, 3.63) is 23.8 Å². The van der Waals surface area contributed by atoms with Crippen LogP contribution < -0.4 is 0 Å². The SMILES string of the molecule is CCCC(=O)O[C@H]1/C(=C/C(=O)OC)C[C@H]2C[C@H]([C@@H](C)O)OC(=O)C[C@H](O)C[C@@H]3C[C@H](OC(=O)CC(C)C)C(C)(C)[C@](O)(C[C@@H]4CC5(C[C@H](/C=C\C(C)(C)[C@]1(O)O2)O4)OC5C(=O)OC)O3. The standard InChI is InChI=1S/C46H70O18/c1-11-12-35(49)61-39-27(17-36(50)56-9)16-30-20-33(26(4)47)59-38(52)19-28(48)18-31-21-34(60-37(51)15-25(2)3)43(7,8)45(54,62-31)24-32-23-44(40(64-44)41(53)57-10)22-29(58-32)13-14-42(5,6)46(39,55)63-30/h13-14,17,25-26,28-34,39-40,47-48,54-55H,11-12,15-16,18-24H2,1-10H3/b14-13-,27-17+/t26-,28-,29+,30+,31-,32+,33-,34+,39+,40?,44?,45+,46-/m1/s1. The van der Waals surface area contributed by atoms with Crippen LogP contribution in [0.4, 0.5) is 0 Å². The molecule has 6 bridgehead atoms. The summed E-state index contributed by atoms with van der Waals surface area (Å²) in [5.74, 6) is -7.97. The highest BCUT2D eigenvalue weighted by molar-refractivity contribution is 5.83. The van der Waals surface area contributed by atoms with Gasteiger partial charge in [-0.25, -0.2) is 9.59 Å². The zero-order chi connectivity index (χ0) is 47.6. The van der Waals surface area contributed by atoms with E-state index in [1.54, 1.807) is 46.8 Å². The van der Waals surface area contributed by atoms with Crippen molar-refractivity contribution in [2.24, 2.45) is 16.7 Å². The predicted molar refractivity (Wildman–Crippen MR) is 223 cm³/mol. The molecule has 1 spiro atoms. The molecular formula is C46H70O18. The highest BCUT2D eigenvalue weighted by atomic mass is 16.7. The Hall–Kier alpha value is -3.49. The van der Waals surface area contributed by atoms with Crippen molar-refractivity contribution in [3.63, 3.8) is 0 Å². The average molecular weight is 911 g/mol. The lowest BCUT2D eigenvalue weighted by atomic mass is 9.70. The van der Waals surface area contributed by atoms with Crippen LogP contribution >= 0.6 is 0 Å². The molecule has 0 amide bonds. The third-order valence-electron chi connectivity index (χ3n) is 13.3. The van der Waals surface area contributed by atoms with Crippen LogP contribution in [-0.4, -0.2) is 143 Å².